The van der Waals surface area contributed by atoms with Crippen LogP contribution in [0.1, 0.15) is 15.9 Å². The number of pyridine rings is 1. The number of rotatable bonds is 7. The van der Waals surface area contributed by atoms with Crippen LogP contribution in [0.25, 0.3) is 6.08 Å². The maximum absolute atomic E-state index is 12.7. The monoisotopic (exact) mass is 516 g/mol. The maximum Gasteiger partial charge on any atom is 0.573 e. The minimum atomic E-state index is -4.69. The SMILES string of the molecule is O=C(Nc1ccccc1N1CCN(C/C=C/c2ccc(OC(F)(F)F)cc2)CC1)c1ccnc(Cl)c1. The van der Waals surface area contributed by atoms with Gasteiger partial charge in [0.25, 0.3) is 5.91 Å². The van der Waals surface area contributed by atoms with Crippen LogP contribution in [-0.4, -0.2) is 54.9 Å². The van der Waals surface area contributed by atoms with E-state index in [1.54, 1.807) is 18.2 Å². The Morgan fingerprint density at radius 2 is 1.78 bits per heavy atom. The number of aromatic nitrogens is 1. The van der Waals surface area contributed by atoms with Gasteiger partial charge in [-0.3, -0.25) is 9.69 Å². The third kappa shape index (κ3) is 7.22. The van der Waals surface area contributed by atoms with Crippen LogP contribution in [0.15, 0.2) is 72.9 Å². The summed E-state index contributed by atoms with van der Waals surface area (Å²) in [5.41, 5.74) is 2.90. The lowest BCUT2D eigenvalue weighted by Crippen LogP contribution is -2.46. The molecule has 0 saturated carbocycles. The molecule has 0 radical (unpaired) electrons. The van der Waals surface area contributed by atoms with Crippen LogP contribution in [0.3, 0.4) is 0 Å². The van der Waals surface area contributed by atoms with E-state index in [0.29, 0.717) is 5.56 Å². The molecule has 1 fully saturated rings. The molecule has 1 amide bonds. The first-order valence-electron chi connectivity index (χ1n) is 11.3. The van der Waals surface area contributed by atoms with E-state index in [1.807, 2.05) is 36.4 Å². The van der Waals surface area contributed by atoms with E-state index in [2.05, 4.69) is 24.8 Å². The number of carbonyl (C=O) groups excluding carboxylic acids is 1. The highest BCUT2D eigenvalue weighted by atomic mass is 35.5. The normalized spacial score (nSPS) is 14.7. The van der Waals surface area contributed by atoms with Gasteiger partial charge in [-0.2, -0.15) is 0 Å². The van der Waals surface area contributed by atoms with Gasteiger partial charge in [0, 0.05) is 44.5 Å². The van der Waals surface area contributed by atoms with Gasteiger partial charge >= 0.3 is 6.36 Å². The summed E-state index contributed by atoms with van der Waals surface area (Å²) in [7, 11) is 0. The van der Waals surface area contributed by atoms with Gasteiger partial charge < -0.3 is 15.0 Å². The summed E-state index contributed by atoms with van der Waals surface area (Å²) < 4.78 is 40.7. The minimum Gasteiger partial charge on any atom is -0.406 e. The molecule has 0 bridgehead atoms. The molecule has 0 unspecified atom stereocenters. The van der Waals surface area contributed by atoms with Crippen LogP contribution in [-0.2, 0) is 0 Å². The number of hydrogen-bond acceptors (Lipinski definition) is 5. The van der Waals surface area contributed by atoms with Gasteiger partial charge in [0.05, 0.1) is 11.4 Å². The highest BCUT2D eigenvalue weighted by molar-refractivity contribution is 6.29. The number of halogens is 4. The molecule has 6 nitrogen and oxygen atoms in total. The third-order valence-electron chi connectivity index (χ3n) is 5.64. The maximum atomic E-state index is 12.7. The highest BCUT2D eigenvalue weighted by Gasteiger charge is 2.30. The first kappa shape index (κ1) is 25.5. The number of nitrogens with one attached hydrogen (secondary N) is 1. The first-order chi connectivity index (χ1) is 17.3. The molecule has 0 atom stereocenters. The van der Waals surface area contributed by atoms with Crippen molar-refractivity contribution in [3.63, 3.8) is 0 Å². The number of piperazine rings is 1. The van der Waals surface area contributed by atoms with Crippen LogP contribution < -0.4 is 15.0 Å². The summed E-state index contributed by atoms with van der Waals surface area (Å²) in [5.74, 6) is -0.495. The lowest BCUT2D eigenvalue weighted by molar-refractivity contribution is -0.274. The Bertz CT molecular complexity index is 1210. The molecule has 10 heteroatoms. The van der Waals surface area contributed by atoms with Crippen molar-refractivity contribution in [1.29, 1.82) is 0 Å². The largest absolute Gasteiger partial charge is 0.573 e. The van der Waals surface area contributed by atoms with E-state index < -0.39 is 6.36 Å². The summed E-state index contributed by atoms with van der Waals surface area (Å²) >= 11 is 5.91. The van der Waals surface area contributed by atoms with Crippen LogP contribution in [0, 0.1) is 0 Å². The molecule has 2 heterocycles. The smallest absolute Gasteiger partial charge is 0.406 e. The number of alkyl halides is 3. The van der Waals surface area contributed by atoms with Crippen LogP contribution in [0.2, 0.25) is 5.15 Å². The van der Waals surface area contributed by atoms with E-state index in [4.69, 9.17) is 11.6 Å². The molecule has 0 spiro atoms. The predicted octanol–water partition coefficient (Wildman–Crippen LogP) is 5.72. The molecule has 4 rings (SSSR count). The fraction of sp³-hybridized carbons (Fsp3) is 0.231. The Hall–Kier alpha value is -3.56. The van der Waals surface area contributed by atoms with Gasteiger partial charge in [-0.1, -0.05) is 48.0 Å². The van der Waals surface area contributed by atoms with Crippen LogP contribution in [0.4, 0.5) is 24.5 Å². The van der Waals surface area contributed by atoms with Crippen molar-refractivity contribution in [2.24, 2.45) is 0 Å². The standard InChI is InChI=1S/C26H24ClF3N4O2/c27-24-18-20(11-12-31-24)25(35)32-22-5-1-2-6-23(22)34-16-14-33(15-17-34)13-3-4-19-7-9-21(10-8-19)36-26(28,29)30/h1-12,18H,13-17H2,(H,32,35)/b4-3+. The zero-order valence-corrected chi connectivity index (χ0v) is 20.0. The number of amides is 1. The van der Waals surface area contributed by atoms with Gasteiger partial charge in [-0.05, 0) is 42.0 Å². The number of carbonyl (C=O) groups is 1. The Kier molecular flexibility index (Phi) is 8.12. The average Bonchev–Trinajstić information content (AvgIpc) is 2.85. The van der Waals surface area contributed by atoms with Crippen molar-refractivity contribution >= 4 is 35.0 Å². The summed E-state index contributed by atoms with van der Waals surface area (Å²) in [6, 6.07) is 16.6. The number of para-hydroxylation sites is 2. The number of ether oxygens (including phenoxy) is 1. The fourth-order valence-electron chi connectivity index (χ4n) is 3.88. The second-order valence-electron chi connectivity index (χ2n) is 8.15. The lowest BCUT2D eigenvalue weighted by atomic mass is 10.2. The molecule has 1 aliphatic heterocycles. The average molecular weight is 517 g/mol. The van der Waals surface area contributed by atoms with Crippen molar-refractivity contribution in [3.8, 4) is 5.75 Å². The van der Waals surface area contributed by atoms with Gasteiger partial charge in [0.1, 0.15) is 10.9 Å². The van der Waals surface area contributed by atoms with E-state index in [1.165, 1.54) is 24.4 Å². The molecule has 2 aromatic carbocycles. The van der Waals surface area contributed by atoms with E-state index >= 15 is 0 Å². The fourth-order valence-corrected chi connectivity index (χ4v) is 4.06. The quantitative estimate of drug-likeness (QED) is 0.407. The second kappa shape index (κ2) is 11.5. The molecule has 1 aliphatic rings. The van der Waals surface area contributed by atoms with Crippen molar-refractivity contribution in [2.75, 3.05) is 42.9 Å². The molecule has 1 saturated heterocycles. The molecule has 36 heavy (non-hydrogen) atoms. The molecule has 188 valence electrons. The lowest BCUT2D eigenvalue weighted by Gasteiger charge is -2.36. The van der Waals surface area contributed by atoms with Crippen molar-refractivity contribution < 1.29 is 22.7 Å². The topological polar surface area (TPSA) is 57.7 Å². The summed E-state index contributed by atoms with van der Waals surface area (Å²) in [5, 5.41) is 3.23. The molecule has 1 aromatic heterocycles. The van der Waals surface area contributed by atoms with Crippen molar-refractivity contribution in [2.45, 2.75) is 6.36 Å². The predicted molar refractivity (Wildman–Crippen MR) is 134 cm³/mol. The zero-order valence-electron chi connectivity index (χ0n) is 19.2. The number of hydrogen-bond donors (Lipinski definition) is 1. The van der Waals surface area contributed by atoms with Gasteiger partial charge in [0.2, 0.25) is 0 Å². The van der Waals surface area contributed by atoms with E-state index in [0.717, 1.165) is 49.7 Å². The molecular weight excluding hydrogens is 493 g/mol. The molecule has 1 N–H and O–H groups in total. The summed E-state index contributed by atoms with van der Waals surface area (Å²) in [4.78, 5) is 21.1. The number of nitrogens with zero attached hydrogens (tertiary/aromatic N) is 3. The number of anilines is 2. The Morgan fingerprint density at radius 3 is 2.47 bits per heavy atom. The first-order valence-corrected chi connectivity index (χ1v) is 11.7. The minimum absolute atomic E-state index is 0.239. The summed E-state index contributed by atoms with van der Waals surface area (Å²) in [6.45, 7) is 3.93. The Labute approximate surface area is 211 Å². The van der Waals surface area contributed by atoms with Gasteiger partial charge in [-0.25, -0.2) is 4.98 Å². The third-order valence-corrected chi connectivity index (χ3v) is 5.85. The highest BCUT2D eigenvalue weighted by Crippen LogP contribution is 2.27. The summed E-state index contributed by atoms with van der Waals surface area (Å²) in [6.07, 6.45) is 0.664. The van der Waals surface area contributed by atoms with Crippen LogP contribution in [0.5, 0.6) is 5.75 Å². The second-order valence-corrected chi connectivity index (χ2v) is 8.53. The molecule has 0 aliphatic carbocycles. The number of benzene rings is 2. The Morgan fingerprint density at radius 1 is 1.06 bits per heavy atom. The molecule has 3 aromatic rings. The van der Waals surface area contributed by atoms with Crippen LogP contribution >= 0.6 is 11.6 Å². The van der Waals surface area contributed by atoms with E-state index in [9.17, 15) is 18.0 Å². The zero-order chi connectivity index (χ0) is 25.5. The van der Waals surface area contributed by atoms with Gasteiger partial charge in [-0.15, -0.1) is 13.2 Å². The molecular formula is C26H24ClF3N4O2. The van der Waals surface area contributed by atoms with Crippen molar-refractivity contribution in [3.05, 3.63) is 89.2 Å². The Balaban J connectivity index is 1.30. The van der Waals surface area contributed by atoms with Crippen molar-refractivity contribution in [1.82, 2.24) is 9.88 Å². The van der Waals surface area contributed by atoms with E-state index in [-0.39, 0.29) is 16.8 Å². The van der Waals surface area contributed by atoms with Gasteiger partial charge in [0.15, 0.2) is 0 Å².